The number of hydrogen-bond acceptors (Lipinski definition) is 2. The van der Waals surface area contributed by atoms with Crippen LogP contribution in [0.2, 0.25) is 0 Å². The number of terminal acetylenes is 1. The molecule has 2 nitrogen and oxygen atoms in total. The number of ether oxygens (including phenoxy) is 1. The maximum Gasteiger partial charge on any atom is 0.124 e. The predicted molar refractivity (Wildman–Crippen MR) is 81.5 cm³/mol. The second-order valence-corrected chi connectivity index (χ2v) is 6.96. The van der Waals surface area contributed by atoms with Gasteiger partial charge in [-0.05, 0) is 12.5 Å². The van der Waals surface area contributed by atoms with Crippen molar-refractivity contribution in [3.63, 3.8) is 0 Å². The Morgan fingerprint density at radius 3 is 3.11 bits per heavy atom. The van der Waals surface area contributed by atoms with E-state index in [0.717, 1.165) is 6.42 Å². The van der Waals surface area contributed by atoms with Crippen molar-refractivity contribution in [2.75, 3.05) is 0 Å². The van der Waals surface area contributed by atoms with Crippen LogP contribution in [0.4, 0.5) is 0 Å². The molecular formula is C15H18BrClO2. The second-order valence-electron chi connectivity index (χ2n) is 5.11. The molecule has 2 aliphatic rings. The van der Waals surface area contributed by atoms with Crippen LogP contribution in [-0.4, -0.2) is 32.6 Å². The third-order valence-corrected chi connectivity index (χ3v) is 5.85. The fourth-order valence-electron chi connectivity index (χ4n) is 2.90. The van der Waals surface area contributed by atoms with Crippen LogP contribution in [0.5, 0.6) is 0 Å². The standard InChI is InChI=1S/C15H18BrClO2/c1-3-5-6-8-15-13(18)7-9-14(15,17)10-12(19-15)11(16)4-2/h1,5-7,9,11-13,18H,4,8,10H2,2H3/t11-,12+,13+,14+,15-/m0/s1. The van der Waals surface area contributed by atoms with Crippen LogP contribution >= 0.6 is 27.5 Å². The summed E-state index contributed by atoms with van der Waals surface area (Å²) < 4.78 is 6.18. The number of alkyl halides is 2. The molecule has 2 rings (SSSR count). The quantitative estimate of drug-likeness (QED) is 0.482. The fourth-order valence-corrected chi connectivity index (χ4v) is 3.66. The van der Waals surface area contributed by atoms with Crippen molar-refractivity contribution in [2.24, 2.45) is 0 Å². The largest absolute Gasteiger partial charge is 0.386 e. The maximum absolute atomic E-state index is 10.3. The normalized spacial score (nSPS) is 42.5. The van der Waals surface area contributed by atoms with Crippen molar-refractivity contribution in [1.29, 1.82) is 0 Å². The zero-order chi connectivity index (χ0) is 14.1. The minimum atomic E-state index is -0.798. The molecule has 0 bridgehead atoms. The van der Waals surface area contributed by atoms with Gasteiger partial charge in [-0.2, -0.15) is 0 Å². The Kier molecular flexibility index (Phi) is 4.47. The molecule has 1 aliphatic carbocycles. The summed E-state index contributed by atoms with van der Waals surface area (Å²) in [6.07, 6.45) is 13.7. The van der Waals surface area contributed by atoms with Crippen molar-refractivity contribution in [3.05, 3.63) is 24.3 Å². The van der Waals surface area contributed by atoms with E-state index >= 15 is 0 Å². The van der Waals surface area contributed by atoms with Crippen molar-refractivity contribution in [2.45, 2.75) is 53.7 Å². The van der Waals surface area contributed by atoms with Crippen molar-refractivity contribution >= 4 is 27.5 Å². The van der Waals surface area contributed by atoms with Crippen LogP contribution in [0.1, 0.15) is 26.2 Å². The van der Waals surface area contributed by atoms with Crippen LogP contribution in [0.25, 0.3) is 0 Å². The van der Waals surface area contributed by atoms with Gasteiger partial charge in [0.1, 0.15) is 11.7 Å². The van der Waals surface area contributed by atoms with Gasteiger partial charge in [0.15, 0.2) is 0 Å². The molecule has 0 spiro atoms. The molecule has 1 N–H and O–H groups in total. The summed E-state index contributed by atoms with van der Waals surface area (Å²) in [5.41, 5.74) is -0.798. The Balaban J connectivity index is 2.26. The number of aliphatic hydroxyl groups is 1. The molecule has 0 aromatic carbocycles. The van der Waals surface area contributed by atoms with Gasteiger partial charge in [-0.1, -0.05) is 47.0 Å². The summed E-state index contributed by atoms with van der Waals surface area (Å²) >= 11 is 10.3. The fraction of sp³-hybridized carbons (Fsp3) is 0.600. The molecule has 0 amide bonds. The third kappa shape index (κ3) is 2.40. The highest BCUT2D eigenvalue weighted by atomic mass is 79.9. The van der Waals surface area contributed by atoms with Gasteiger partial charge >= 0.3 is 0 Å². The van der Waals surface area contributed by atoms with Crippen molar-refractivity contribution in [3.8, 4) is 12.3 Å². The molecule has 0 saturated carbocycles. The van der Waals surface area contributed by atoms with Gasteiger partial charge in [0.25, 0.3) is 0 Å². The number of rotatable bonds is 4. The molecule has 0 unspecified atom stereocenters. The van der Waals surface area contributed by atoms with Crippen LogP contribution in [-0.2, 0) is 4.74 Å². The third-order valence-electron chi connectivity index (χ3n) is 4.01. The molecule has 0 radical (unpaired) electrons. The van der Waals surface area contributed by atoms with Gasteiger partial charge in [0.2, 0.25) is 0 Å². The van der Waals surface area contributed by atoms with E-state index in [1.807, 2.05) is 12.2 Å². The Morgan fingerprint density at radius 2 is 2.47 bits per heavy atom. The van der Waals surface area contributed by atoms with Gasteiger partial charge in [0.05, 0.1) is 11.0 Å². The zero-order valence-corrected chi connectivity index (χ0v) is 13.2. The predicted octanol–water partition coefficient (Wildman–Crippen LogP) is 3.18. The molecule has 5 atom stereocenters. The molecular weight excluding hydrogens is 328 g/mol. The van der Waals surface area contributed by atoms with E-state index < -0.39 is 16.6 Å². The highest BCUT2D eigenvalue weighted by Gasteiger charge is 2.63. The van der Waals surface area contributed by atoms with Gasteiger partial charge < -0.3 is 9.84 Å². The summed E-state index contributed by atoms with van der Waals surface area (Å²) in [5.74, 6) is 2.45. The van der Waals surface area contributed by atoms with Crippen molar-refractivity contribution in [1.82, 2.24) is 0 Å². The highest BCUT2D eigenvalue weighted by Crippen LogP contribution is 2.54. The smallest absolute Gasteiger partial charge is 0.124 e. The molecule has 1 fully saturated rings. The molecule has 0 aromatic heterocycles. The van der Waals surface area contributed by atoms with E-state index in [1.54, 1.807) is 12.2 Å². The number of aliphatic hydroxyl groups excluding tert-OH is 1. The van der Waals surface area contributed by atoms with Crippen LogP contribution in [0, 0.1) is 12.3 Å². The van der Waals surface area contributed by atoms with Gasteiger partial charge in [-0.3, -0.25) is 0 Å². The van der Waals surface area contributed by atoms with E-state index in [4.69, 9.17) is 22.8 Å². The molecule has 4 heteroatoms. The Bertz CT molecular complexity index is 442. The first-order chi connectivity index (χ1) is 8.99. The number of fused-ring (bicyclic) bond motifs is 1. The van der Waals surface area contributed by atoms with Gasteiger partial charge in [-0.15, -0.1) is 18.0 Å². The summed E-state index contributed by atoms with van der Waals surface area (Å²) in [6.45, 7) is 2.09. The van der Waals surface area contributed by atoms with E-state index in [2.05, 4.69) is 28.8 Å². The first kappa shape index (κ1) is 15.1. The van der Waals surface area contributed by atoms with E-state index in [-0.39, 0.29) is 10.9 Å². The second kappa shape index (κ2) is 5.61. The Labute approximate surface area is 128 Å². The maximum atomic E-state index is 10.3. The van der Waals surface area contributed by atoms with Gasteiger partial charge in [0, 0.05) is 17.7 Å². The lowest BCUT2D eigenvalue weighted by molar-refractivity contribution is -0.0974. The molecule has 0 aromatic rings. The van der Waals surface area contributed by atoms with Crippen LogP contribution in [0.3, 0.4) is 0 Å². The number of allylic oxidation sites excluding steroid dienone is 1. The average molecular weight is 346 g/mol. The monoisotopic (exact) mass is 344 g/mol. The first-order valence-corrected chi connectivity index (χ1v) is 7.78. The van der Waals surface area contributed by atoms with Crippen LogP contribution < -0.4 is 0 Å². The summed E-state index contributed by atoms with van der Waals surface area (Å²) in [7, 11) is 0. The molecule has 19 heavy (non-hydrogen) atoms. The van der Waals surface area contributed by atoms with E-state index in [9.17, 15) is 5.11 Å². The highest BCUT2D eigenvalue weighted by molar-refractivity contribution is 9.09. The topological polar surface area (TPSA) is 29.5 Å². The summed E-state index contributed by atoms with van der Waals surface area (Å²) in [4.78, 5) is -0.417. The van der Waals surface area contributed by atoms with Crippen LogP contribution in [0.15, 0.2) is 24.3 Å². The SMILES string of the molecule is C#CC=CC[C@@]12O[C@@H]([C@@H](Br)CC)C[C@]1(Cl)C=C[C@H]2O. The van der Waals surface area contributed by atoms with Gasteiger partial charge in [-0.25, -0.2) is 0 Å². The molecule has 104 valence electrons. The summed E-state index contributed by atoms with van der Waals surface area (Å²) in [6, 6.07) is 0. The van der Waals surface area contributed by atoms with E-state index in [0.29, 0.717) is 12.8 Å². The molecule has 1 heterocycles. The Hall–Kier alpha value is -0.270. The van der Waals surface area contributed by atoms with E-state index in [1.165, 1.54) is 0 Å². The minimum absolute atomic E-state index is 0.00124. The minimum Gasteiger partial charge on any atom is -0.386 e. The average Bonchev–Trinajstić information content (AvgIpc) is 2.81. The first-order valence-electron chi connectivity index (χ1n) is 6.48. The number of hydrogen-bond donors (Lipinski definition) is 1. The molecule has 1 aliphatic heterocycles. The summed E-state index contributed by atoms with van der Waals surface area (Å²) in [5, 5.41) is 10.3. The lowest BCUT2D eigenvalue weighted by atomic mass is 9.84. The zero-order valence-electron chi connectivity index (χ0n) is 10.9. The lowest BCUT2D eigenvalue weighted by Crippen LogP contribution is -2.50. The molecule has 1 saturated heterocycles. The van der Waals surface area contributed by atoms with Crippen molar-refractivity contribution < 1.29 is 9.84 Å². The lowest BCUT2D eigenvalue weighted by Gasteiger charge is -2.36. The Morgan fingerprint density at radius 1 is 1.74 bits per heavy atom. The number of halogens is 2.